The van der Waals surface area contributed by atoms with Crippen LogP contribution in [0, 0.1) is 5.82 Å². The summed E-state index contributed by atoms with van der Waals surface area (Å²) in [6.45, 7) is 0. The Labute approximate surface area is 106 Å². The van der Waals surface area contributed by atoms with Crippen LogP contribution in [0.1, 0.15) is 11.7 Å². The van der Waals surface area contributed by atoms with Crippen molar-refractivity contribution < 1.29 is 17.9 Å². The molecule has 0 aromatic heterocycles. The third kappa shape index (κ3) is 2.56. The van der Waals surface area contributed by atoms with Crippen molar-refractivity contribution >= 4 is 37.4 Å². The van der Waals surface area contributed by atoms with Crippen molar-refractivity contribution in [2.24, 2.45) is 0 Å². The summed E-state index contributed by atoms with van der Waals surface area (Å²) in [4.78, 5) is 0. The standard InChI is InChI=1S/C9H9BrClFO3S/c1-16(14,15)9(10,11)8(13)6-4-2-3-5-7(6)12/h2-5,8,13H,1H3/t8-,9+/m1/s1. The quantitative estimate of drug-likeness (QED) is 0.864. The molecule has 0 heterocycles. The maximum absolute atomic E-state index is 13.3. The number of aliphatic hydroxyl groups excluding tert-OH is 1. The molecule has 0 fully saturated rings. The lowest BCUT2D eigenvalue weighted by Crippen LogP contribution is -2.32. The van der Waals surface area contributed by atoms with E-state index in [9.17, 15) is 17.9 Å². The van der Waals surface area contributed by atoms with Gasteiger partial charge in [-0.3, -0.25) is 0 Å². The van der Waals surface area contributed by atoms with Gasteiger partial charge < -0.3 is 5.11 Å². The molecule has 0 saturated heterocycles. The van der Waals surface area contributed by atoms with Crippen molar-refractivity contribution in [1.82, 2.24) is 0 Å². The lowest BCUT2D eigenvalue weighted by molar-refractivity contribution is 0.180. The molecule has 0 bridgehead atoms. The van der Waals surface area contributed by atoms with Crippen LogP contribution in [-0.4, -0.2) is 22.9 Å². The number of alkyl halides is 2. The molecule has 0 spiro atoms. The lowest BCUT2D eigenvalue weighted by atomic mass is 10.1. The van der Waals surface area contributed by atoms with E-state index in [2.05, 4.69) is 15.9 Å². The van der Waals surface area contributed by atoms with Crippen molar-refractivity contribution in [2.75, 3.05) is 6.26 Å². The molecule has 0 aliphatic carbocycles. The van der Waals surface area contributed by atoms with Crippen LogP contribution in [0.4, 0.5) is 4.39 Å². The number of aliphatic hydroxyl groups is 1. The van der Waals surface area contributed by atoms with E-state index in [1.807, 2.05) is 0 Å². The molecule has 0 unspecified atom stereocenters. The van der Waals surface area contributed by atoms with Crippen molar-refractivity contribution in [2.45, 2.75) is 9.22 Å². The molecule has 90 valence electrons. The van der Waals surface area contributed by atoms with Crippen LogP contribution in [-0.2, 0) is 9.84 Å². The van der Waals surface area contributed by atoms with Crippen LogP contribution in [0.2, 0.25) is 0 Å². The number of sulfone groups is 1. The average molecular weight is 332 g/mol. The van der Waals surface area contributed by atoms with Gasteiger partial charge in [-0.05, 0) is 22.0 Å². The number of hydrogen-bond donors (Lipinski definition) is 1. The van der Waals surface area contributed by atoms with Gasteiger partial charge in [-0.2, -0.15) is 0 Å². The van der Waals surface area contributed by atoms with Gasteiger partial charge in [0.2, 0.25) is 3.12 Å². The van der Waals surface area contributed by atoms with Gasteiger partial charge in [0.15, 0.2) is 9.84 Å². The summed E-state index contributed by atoms with van der Waals surface area (Å²) >= 11 is 8.38. The molecule has 1 rings (SSSR count). The smallest absolute Gasteiger partial charge is 0.228 e. The summed E-state index contributed by atoms with van der Waals surface area (Å²) < 4.78 is 33.8. The average Bonchev–Trinajstić information content (AvgIpc) is 2.15. The van der Waals surface area contributed by atoms with Gasteiger partial charge in [-0.15, -0.1) is 0 Å². The van der Waals surface area contributed by atoms with Crippen molar-refractivity contribution in [3.63, 3.8) is 0 Å². The highest BCUT2D eigenvalue weighted by Gasteiger charge is 2.45. The van der Waals surface area contributed by atoms with Crippen LogP contribution < -0.4 is 0 Å². The zero-order valence-electron chi connectivity index (χ0n) is 8.19. The minimum atomic E-state index is -3.80. The fraction of sp³-hybridized carbons (Fsp3) is 0.333. The largest absolute Gasteiger partial charge is 0.384 e. The first-order valence-electron chi connectivity index (χ1n) is 4.18. The third-order valence-electron chi connectivity index (χ3n) is 2.01. The van der Waals surface area contributed by atoms with E-state index in [0.29, 0.717) is 0 Å². The van der Waals surface area contributed by atoms with Crippen LogP contribution >= 0.6 is 27.5 Å². The predicted octanol–water partition coefficient (Wildman–Crippen LogP) is 2.19. The van der Waals surface area contributed by atoms with Crippen LogP contribution in [0.5, 0.6) is 0 Å². The van der Waals surface area contributed by atoms with Gasteiger partial charge in [-0.25, -0.2) is 12.8 Å². The third-order valence-corrected chi connectivity index (χ3v) is 6.47. The second-order valence-corrected chi connectivity index (χ2v) is 8.50. The van der Waals surface area contributed by atoms with Crippen LogP contribution in [0.3, 0.4) is 0 Å². The SMILES string of the molecule is CS(=O)(=O)[C@](Cl)(Br)[C@H](O)c1ccccc1F. The van der Waals surface area contributed by atoms with Gasteiger partial charge in [0, 0.05) is 11.8 Å². The Morgan fingerprint density at radius 1 is 1.50 bits per heavy atom. The molecule has 0 saturated carbocycles. The van der Waals surface area contributed by atoms with Crippen molar-refractivity contribution in [1.29, 1.82) is 0 Å². The second-order valence-electron chi connectivity index (χ2n) is 3.26. The normalized spacial score (nSPS) is 17.8. The van der Waals surface area contributed by atoms with E-state index in [1.54, 1.807) is 0 Å². The topological polar surface area (TPSA) is 54.4 Å². The van der Waals surface area contributed by atoms with E-state index in [1.165, 1.54) is 18.2 Å². The molecule has 3 nitrogen and oxygen atoms in total. The lowest BCUT2D eigenvalue weighted by Gasteiger charge is -2.24. The maximum Gasteiger partial charge on any atom is 0.228 e. The zero-order chi connectivity index (χ0) is 12.6. The van der Waals surface area contributed by atoms with Crippen LogP contribution in [0.15, 0.2) is 24.3 Å². The van der Waals surface area contributed by atoms with Gasteiger partial charge >= 0.3 is 0 Å². The summed E-state index contributed by atoms with van der Waals surface area (Å²) in [6, 6.07) is 5.28. The maximum atomic E-state index is 13.3. The summed E-state index contributed by atoms with van der Waals surface area (Å²) in [5.74, 6) is -0.719. The first-order valence-corrected chi connectivity index (χ1v) is 7.24. The van der Waals surface area contributed by atoms with Gasteiger partial charge in [0.05, 0.1) is 0 Å². The second kappa shape index (κ2) is 4.60. The van der Waals surface area contributed by atoms with E-state index < -0.39 is 24.9 Å². The van der Waals surface area contributed by atoms with Gasteiger partial charge in [-0.1, -0.05) is 29.8 Å². The monoisotopic (exact) mass is 330 g/mol. The molecule has 0 aliphatic heterocycles. The Morgan fingerprint density at radius 2 is 2.00 bits per heavy atom. The number of rotatable bonds is 3. The molecule has 1 aromatic rings. The Bertz CT molecular complexity index is 489. The Kier molecular flexibility index (Phi) is 3.99. The molecule has 0 aliphatic rings. The number of hydrogen-bond acceptors (Lipinski definition) is 3. The van der Waals surface area contributed by atoms with Gasteiger partial charge in [0.25, 0.3) is 0 Å². The number of benzene rings is 1. The first kappa shape index (κ1) is 13.9. The summed E-state index contributed by atoms with van der Waals surface area (Å²) in [5, 5.41) is 9.77. The minimum absolute atomic E-state index is 0.181. The predicted molar refractivity (Wildman–Crippen MR) is 63.7 cm³/mol. The fourth-order valence-electron chi connectivity index (χ4n) is 1.08. The summed E-state index contributed by atoms with van der Waals surface area (Å²) in [6.07, 6.45) is -0.857. The van der Waals surface area contributed by atoms with Gasteiger partial charge in [0.1, 0.15) is 11.9 Å². The molecule has 1 N–H and O–H groups in total. The van der Waals surface area contributed by atoms with E-state index in [4.69, 9.17) is 11.6 Å². The molecule has 1 aromatic carbocycles. The molecule has 16 heavy (non-hydrogen) atoms. The molecule has 0 amide bonds. The highest BCUT2D eigenvalue weighted by molar-refractivity contribution is 9.12. The molecule has 7 heteroatoms. The Morgan fingerprint density at radius 3 is 2.44 bits per heavy atom. The van der Waals surface area contributed by atoms with Crippen LogP contribution in [0.25, 0.3) is 0 Å². The first-order chi connectivity index (χ1) is 7.18. The summed E-state index contributed by atoms with van der Waals surface area (Å²) in [7, 11) is -3.80. The highest BCUT2D eigenvalue weighted by atomic mass is 79.9. The van der Waals surface area contributed by atoms with E-state index >= 15 is 0 Å². The van der Waals surface area contributed by atoms with E-state index in [-0.39, 0.29) is 5.56 Å². The molecular weight excluding hydrogens is 323 g/mol. The van der Waals surface area contributed by atoms with E-state index in [0.717, 1.165) is 12.3 Å². The van der Waals surface area contributed by atoms with Crippen molar-refractivity contribution in [3.05, 3.63) is 35.6 Å². The molecule has 0 radical (unpaired) electrons. The Balaban J connectivity index is 3.23. The minimum Gasteiger partial charge on any atom is -0.384 e. The zero-order valence-corrected chi connectivity index (χ0v) is 11.4. The summed E-state index contributed by atoms with van der Waals surface area (Å²) in [5.41, 5.74) is -0.181. The van der Waals surface area contributed by atoms with Crippen molar-refractivity contribution in [3.8, 4) is 0 Å². The Hall–Kier alpha value is -0.170. The molecule has 2 atom stereocenters. The highest BCUT2D eigenvalue weighted by Crippen LogP contribution is 2.42. The number of halogens is 3. The molecular formula is C9H9BrClFO3S. The fourth-order valence-corrected chi connectivity index (χ4v) is 1.98.